The number of rotatable bonds is 8. The number of hydrogen-bond acceptors (Lipinski definition) is 5. The van der Waals surface area contributed by atoms with Gasteiger partial charge in [0.2, 0.25) is 0 Å². The van der Waals surface area contributed by atoms with Gasteiger partial charge in [-0.2, -0.15) is 0 Å². The van der Waals surface area contributed by atoms with Gasteiger partial charge in [0.05, 0.1) is 10.7 Å². The normalized spacial score (nSPS) is 11.7. The molecular weight excluding hydrogens is 342 g/mol. The molecule has 0 spiro atoms. The molecule has 2 aromatic carbocycles. The average Bonchev–Trinajstić information content (AvgIpc) is 2.59. The van der Waals surface area contributed by atoms with Gasteiger partial charge in [0.1, 0.15) is 0 Å². The molecule has 2 aromatic rings. The number of carbonyl (C=O) groups excluding carboxylic acids is 1. The van der Waals surface area contributed by atoms with E-state index < -0.39 is 10.9 Å². The topological polar surface area (TPSA) is 97.5 Å². The fraction of sp³-hybridized carbons (Fsp3) is 0.222. The number of ketones is 1. The highest BCUT2D eigenvalue weighted by Gasteiger charge is 2.20. The number of nitro groups is 1. The van der Waals surface area contributed by atoms with Crippen molar-refractivity contribution in [2.24, 2.45) is 0 Å². The Morgan fingerprint density at radius 1 is 1.12 bits per heavy atom. The van der Waals surface area contributed by atoms with Crippen LogP contribution in [0.4, 0.5) is 5.69 Å². The van der Waals surface area contributed by atoms with Gasteiger partial charge in [0, 0.05) is 29.4 Å². The van der Waals surface area contributed by atoms with Crippen molar-refractivity contribution in [1.29, 1.82) is 0 Å². The summed E-state index contributed by atoms with van der Waals surface area (Å²) in [7, 11) is 0. The maximum Gasteiger partial charge on any atom is 0.313 e. The van der Waals surface area contributed by atoms with Crippen LogP contribution in [-0.4, -0.2) is 27.5 Å². The summed E-state index contributed by atoms with van der Waals surface area (Å²) in [5.74, 6) is -1.22. The van der Waals surface area contributed by atoms with Crippen molar-refractivity contribution in [3.63, 3.8) is 0 Å². The zero-order valence-corrected chi connectivity index (χ0v) is 14.4. The van der Waals surface area contributed by atoms with Crippen molar-refractivity contribution in [2.45, 2.75) is 18.6 Å². The summed E-state index contributed by atoms with van der Waals surface area (Å²) in [6, 6.07) is 13.0. The molecular formula is C18H17NO5S. The summed E-state index contributed by atoms with van der Waals surface area (Å²) < 4.78 is 0. The number of Topliss-reactive ketones (excluding diaryl/α,β-unsaturated/α-hetero) is 1. The lowest BCUT2D eigenvalue weighted by Gasteiger charge is -2.15. The molecule has 0 bridgehead atoms. The molecule has 0 fully saturated rings. The van der Waals surface area contributed by atoms with Gasteiger partial charge in [-0.3, -0.25) is 19.7 Å². The number of hydrogen-bond donors (Lipinski definition) is 1. The summed E-state index contributed by atoms with van der Waals surface area (Å²) in [5, 5.41) is 19.3. The zero-order valence-electron chi connectivity index (χ0n) is 13.5. The van der Waals surface area contributed by atoms with E-state index in [0.29, 0.717) is 11.1 Å². The highest BCUT2D eigenvalue weighted by Crippen LogP contribution is 2.34. The standard InChI is InChI=1S/C18H17NO5S/c1-12-2-4-13(5-3-12)16(20)10-17(25-11-18(21)22)14-6-8-15(9-7-14)19(23)24/h2-9,17H,10-11H2,1H3,(H,21,22)/t17-/m1/s1. The maximum atomic E-state index is 12.5. The van der Waals surface area contributed by atoms with E-state index in [0.717, 1.165) is 17.3 Å². The zero-order chi connectivity index (χ0) is 18.4. The van der Waals surface area contributed by atoms with Crippen LogP contribution in [0.1, 0.15) is 33.2 Å². The molecule has 7 heteroatoms. The van der Waals surface area contributed by atoms with Crippen LogP contribution in [0.3, 0.4) is 0 Å². The van der Waals surface area contributed by atoms with Crippen LogP contribution in [0, 0.1) is 17.0 Å². The molecule has 0 saturated carbocycles. The quantitative estimate of drug-likeness (QED) is 0.434. The van der Waals surface area contributed by atoms with E-state index in [2.05, 4.69) is 0 Å². The second-order valence-electron chi connectivity index (χ2n) is 5.54. The number of aryl methyl sites for hydroxylation is 1. The molecule has 1 atom stereocenters. The lowest BCUT2D eigenvalue weighted by Crippen LogP contribution is -2.08. The first kappa shape index (κ1) is 18.7. The summed E-state index contributed by atoms with van der Waals surface area (Å²) in [6.07, 6.45) is 0.124. The minimum absolute atomic E-state index is 0.0457. The SMILES string of the molecule is Cc1ccc(C(=O)C[C@@H](SCC(=O)O)c2ccc([N+](=O)[O-])cc2)cc1. The van der Waals surface area contributed by atoms with E-state index >= 15 is 0 Å². The van der Waals surface area contributed by atoms with Crippen LogP contribution >= 0.6 is 11.8 Å². The molecule has 0 amide bonds. The van der Waals surface area contributed by atoms with E-state index in [4.69, 9.17) is 5.11 Å². The second kappa shape index (κ2) is 8.43. The number of nitrogens with zero attached hydrogens (tertiary/aromatic N) is 1. The van der Waals surface area contributed by atoms with Gasteiger partial charge in [-0.1, -0.05) is 42.0 Å². The molecule has 0 unspecified atom stereocenters. The first-order chi connectivity index (χ1) is 11.9. The van der Waals surface area contributed by atoms with Gasteiger partial charge >= 0.3 is 5.97 Å². The Morgan fingerprint density at radius 3 is 2.24 bits per heavy atom. The number of non-ortho nitro benzene ring substituents is 1. The number of nitro benzene ring substituents is 1. The lowest BCUT2D eigenvalue weighted by molar-refractivity contribution is -0.384. The van der Waals surface area contributed by atoms with Crippen molar-refractivity contribution in [1.82, 2.24) is 0 Å². The molecule has 0 saturated heterocycles. The van der Waals surface area contributed by atoms with E-state index in [1.807, 2.05) is 19.1 Å². The molecule has 0 aromatic heterocycles. The van der Waals surface area contributed by atoms with Crippen LogP contribution in [0.25, 0.3) is 0 Å². The van der Waals surface area contributed by atoms with Gasteiger partial charge in [-0.15, -0.1) is 11.8 Å². The first-order valence-corrected chi connectivity index (χ1v) is 8.59. The number of carbonyl (C=O) groups is 2. The molecule has 0 aliphatic rings. The van der Waals surface area contributed by atoms with Crippen LogP contribution < -0.4 is 0 Å². The van der Waals surface area contributed by atoms with Gasteiger partial charge in [-0.05, 0) is 12.5 Å². The third kappa shape index (κ3) is 5.42. The third-order valence-corrected chi connectivity index (χ3v) is 4.88. The van der Waals surface area contributed by atoms with Crippen LogP contribution in [0.5, 0.6) is 0 Å². The Kier molecular flexibility index (Phi) is 6.30. The summed E-state index contributed by atoms with van der Waals surface area (Å²) >= 11 is 1.13. The Morgan fingerprint density at radius 2 is 1.72 bits per heavy atom. The number of aliphatic carboxylic acids is 1. The summed E-state index contributed by atoms with van der Waals surface area (Å²) in [6.45, 7) is 1.93. The second-order valence-corrected chi connectivity index (χ2v) is 6.73. The van der Waals surface area contributed by atoms with Crippen molar-refractivity contribution >= 4 is 29.2 Å². The molecule has 2 rings (SSSR count). The highest BCUT2D eigenvalue weighted by atomic mass is 32.2. The monoisotopic (exact) mass is 359 g/mol. The smallest absolute Gasteiger partial charge is 0.313 e. The molecule has 130 valence electrons. The lowest BCUT2D eigenvalue weighted by atomic mass is 10.0. The minimum atomic E-state index is -0.973. The van der Waals surface area contributed by atoms with E-state index in [1.165, 1.54) is 12.1 Å². The molecule has 0 aliphatic heterocycles. The van der Waals surface area contributed by atoms with E-state index in [9.17, 15) is 19.7 Å². The van der Waals surface area contributed by atoms with E-state index in [1.54, 1.807) is 24.3 Å². The Labute approximate surface area is 149 Å². The summed E-state index contributed by atoms with van der Waals surface area (Å²) in [4.78, 5) is 33.6. The molecule has 1 N–H and O–H groups in total. The van der Waals surface area contributed by atoms with Crippen LogP contribution in [0.15, 0.2) is 48.5 Å². The van der Waals surface area contributed by atoms with Gasteiger partial charge in [-0.25, -0.2) is 0 Å². The largest absolute Gasteiger partial charge is 0.481 e. The predicted octanol–water partition coefficient (Wildman–Crippen LogP) is 4.04. The Bertz CT molecular complexity index is 771. The Hall–Kier alpha value is -2.67. The predicted molar refractivity (Wildman–Crippen MR) is 96.1 cm³/mol. The molecule has 0 aliphatic carbocycles. The highest BCUT2D eigenvalue weighted by molar-refractivity contribution is 8.00. The number of thioether (sulfide) groups is 1. The van der Waals surface area contributed by atoms with Crippen molar-refractivity contribution in [3.8, 4) is 0 Å². The maximum absolute atomic E-state index is 12.5. The number of benzene rings is 2. The van der Waals surface area contributed by atoms with E-state index in [-0.39, 0.29) is 28.9 Å². The molecule has 0 radical (unpaired) electrons. The number of carboxylic acid groups (broad SMARTS) is 1. The summed E-state index contributed by atoms with van der Waals surface area (Å²) in [5.41, 5.74) is 2.25. The fourth-order valence-electron chi connectivity index (χ4n) is 2.28. The van der Waals surface area contributed by atoms with Crippen LogP contribution in [0.2, 0.25) is 0 Å². The fourth-order valence-corrected chi connectivity index (χ4v) is 3.24. The van der Waals surface area contributed by atoms with Gasteiger partial charge in [0.15, 0.2) is 5.78 Å². The van der Waals surface area contributed by atoms with Crippen molar-refractivity contribution < 1.29 is 19.6 Å². The third-order valence-electron chi connectivity index (χ3n) is 3.63. The van der Waals surface area contributed by atoms with Gasteiger partial charge < -0.3 is 5.11 Å². The van der Waals surface area contributed by atoms with Crippen molar-refractivity contribution in [2.75, 3.05) is 5.75 Å². The Balaban J connectivity index is 2.19. The van der Waals surface area contributed by atoms with Crippen molar-refractivity contribution in [3.05, 3.63) is 75.3 Å². The molecule has 25 heavy (non-hydrogen) atoms. The van der Waals surface area contributed by atoms with Gasteiger partial charge in [0.25, 0.3) is 5.69 Å². The number of carboxylic acids is 1. The minimum Gasteiger partial charge on any atom is -0.481 e. The van der Waals surface area contributed by atoms with Crippen LogP contribution in [-0.2, 0) is 4.79 Å². The molecule has 0 heterocycles. The first-order valence-electron chi connectivity index (χ1n) is 7.54. The average molecular weight is 359 g/mol. The molecule has 6 nitrogen and oxygen atoms in total.